The summed E-state index contributed by atoms with van der Waals surface area (Å²) in [6, 6.07) is 14.8. The van der Waals surface area contributed by atoms with E-state index in [2.05, 4.69) is 0 Å². The molecule has 7 heteroatoms. The maximum absolute atomic E-state index is 12.9. The molecule has 0 aliphatic carbocycles. The van der Waals surface area contributed by atoms with Crippen molar-refractivity contribution in [1.29, 1.82) is 0 Å². The van der Waals surface area contributed by atoms with Crippen LogP contribution in [0.25, 0.3) is 0 Å². The summed E-state index contributed by atoms with van der Waals surface area (Å²) in [6.07, 6.45) is 0. The summed E-state index contributed by atoms with van der Waals surface area (Å²) < 4.78 is 4.74. The molecule has 0 aliphatic heterocycles. The number of nitro groups is 1. The van der Waals surface area contributed by atoms with Gasteiger partial charge in [-0.15, -0.1) is 0 Å². The lowest BCUT2D eigenvalue weighted by Crippen LogP contribution is -2.36. The molecule has 0 fully saturated rings. The van der Waals surface area contributed by atoms with Crippen LogP contribution in [0, 0.1) is 16.0 Å². The van der Waals surface area contributed by atoms with E-state index in [1.54, 1.807) is 6.92 Å². The van der Waals surface area contributed by atoms with Gasteiger partial charge < -0.3 is 9.64 Å². The molecular weight excluding hydrogens is 336 g/mol. The van der Waals surface area contributed by atoms with E-state index < -0.39 is 16.8 Å². The van der Waals surface area contributed by atoms with Gasteiger partial charge >= 0.3 is 5.97 Å². The number of methoxy groups -OCH3 is 1. The predicted octanol–water partition coefficient (Wildman–Crippen LogP) is 3.05. The molecule has 26 heavy (non-hydrogen) atoms. The molecule has 2 aromatic carbocycles. The Morgan fingerprint density at radius 3 is 2.27 bits per heavy atom. The molecule has 0 saturated heterocycles. The van der Waals surface area contributed by atoms with Gasteiger partial charge in [0.15, 0.2) is 0 Å². The molecule has 136 valence electrons. The summed E-state index contributed by atoms with van der Waals surface area (Å²) in [7, 11) is 1.30. The number of esters is 1. The van der Waals surface area contributed by atoms with Crippen molar-refractivity contribution in [3.63, 3.8) is 0 Å². The van der Waals surface area contributed by atoms with Crippen molar-refractivity contribution < 1.29 is 19.2 Å². The van der Waals surface area contributed by atoms with E-state index in [1.165, 1.54) is 36.3 Å². The zero-order chi connectivity index (χ0) is 19.1. The van der Waals surface area contributed by atoms with E-state index in [4.69, 9.17) is 4.74 Å². The van der Waals surface area contributed by atoms with Gasteiger partial charge in [0, 0.05) is 30.8 Å². The van der Waals surface area contributed by atoms with Crippen molar-refractivity contribution in [2.24, 2.45) is 5.92 Å². The standard InChI is InChI=1S/C19H20N2O5/c1-14(19(23)26-2)12-20(13-15-6-4-3-5-7-15)18(22)16-8-10-17(11-9-16)21(24)25/h3-11,14H,12-13H2,1-2H3. The second kappa shape index (κ2) is 8.75. The van der Waals surface area contributed by atoms with Crippen molar-refractivity contribution in [3.05, 3.63) is 75.8 Å². The largest absolute Gasteiger partial charge is 0.469 e. The number of ether oxygens (including phenoxy) is 1. The molecule has 0 spiro atoms. The van der Waals surface area contributed by atoms with Crippen LogP contribution in [-0.4, -0.2) is 35.4 Å². The molecule has 1 atom stereocenters. The minimum absolute atomic E-state index is 0.0842. The molecule has 1 amide bonds. The summed E-state index contributed by atoms with van der Waals surface area (Å²) in [5, 5.41) is 10.8. The second-order valence-electron chi connectivity index (χ2n) is 5.90. The summed E-state index contributed by atoms with van der Waals surface area (Å²) in [6.45, 7) is 2.18. The Balaban J connectivity index is 2.24. The highest BCUT2D eigenvalue weighted by Crippen LogP contribution is 2.16. The maximum atomic E-state index is 12.9. The molecule has 0 aromatic heterocycles. The number of hydrogen-bond acceptors (Lipinski definition) is 5. The highest BCUT2D eigenvalue weighted by molar-refractivity contribution is 5.94. The molecule has 2 aromatic rings. The van der Waals surface area contributed by atoms with E-state index >= 15 is 0 Å². The first-order chi connectivity index (χ1) is 12.4. The van der Waals surface area contributed by atoms with E-state index in [-0.39, 0.29) is 18.1 Å². The van der Waals surface area contributed by atoms with Crippen LogP contribution in [-0.2, 0) is 16.1 Å². The number of non-ortho nitro benzene ring substituents is 1. The van der Waals surface area contributed by atoms with Gasteiger partial charge in [0.25, 0.3) is 11.6 Å². The second-order valence-corrected chi connectivity index (χ2v) is 5.90. The number of hydrogen-bond donors (Lipinski definition) is 0. The number of carbonyl (C=O) groups is 2. The van der Waals surface area contributed by atoms with Gasteiger partial charge in [0.1, 0.15) is 0 Å². The highest BCUT2D eigenvalue weighted by Gasteiger charge is 2.23. The van der Waals surface area contributed by atoms with Gasteiger partial charge in [0.05, 0.1) is 18.0 Å². The highest BCUT2D eigenvalue weighted by atomic mass is 16.6. The molecule has 0 N–H and O–H groups in total. The fourth-order valence-electron chi connectivity index (χ4n) is 2.54. The van der Waals surface area contributed by atoms with Gasteiger partial charge in [0.2, 0.25) is 0 Å². The number of rotatable bonds is 7. The summed E-state index contributed by atoms with van der Waals surface area (Å²) >= 11 is 0. The summed E-state index contributed by atoms with van der Waals surface area (Å²) in [5.74, 6) is -1.20. The van der Waals surface area contributed by atoms with Crippen LogP contribution in [0.3, 0.4) is 0 Å². The van der Waals surface area contributed by atoms with Crippen LogP contribution in [0.2, 0.25) is 0 Å². The molecule has 1 unspecified atom stereocenters. The van der Waals surface area contributed by atoms with Crippen molar-refractivity contribution in [2.75, 3.05) is 13.7 Å². The van der Waals surface area contributed by atoms with Gasteiger partial charge in [-0.25, -0.2) is 0 Å². The van der Waals surface area contributed by atoms with E-state index in [0.29, 0.717) is 12.1 Å². The smallest absolute Gasteiger partial charge is 0.310 e. The Hall–Kier alpha value is -3.22. The third-order valence-electron chi connectivity index (χ3n) is 3.93. The number of carbonyl (C=O) groups excluding carboxylic acids is 2. The van der Waals surface area contributed by atoms with Crippen LogP contribution in [0.4, 0.5) is 5.69 Å². The van der Waals surface area contributed by atoms with Crippen LogP contribution in [0.5, 0.6) is 0 Å². The quantitative estimate of drug-likeness (QED) is 0.432. The Bertz CT molecular complexity index is 774. The monoisotopic (exact) mass is 356 g/mol. The van der Waals surface area contributed by atoms with Crippen molar-refractivity contribution in [2.45, 2.75) is 13.5 Å². The molecular formula is C19H20N2O5. The van der Waals surface area contributed by atoms with Crippen LogP contribution in [0.1, 0.15) is 22.8 Å². The van der Waals surface area contributed by atoms with Gasteiger partial charge in [-0.3, -0.25) is 19.7 Å². The first-order valence-electron chi connectivity index (χ1n) is 8.08. The van der Waals surface area contributed by atoms with Crippen LogP contribution >= 0.6 is 0 Å². The average molecular weight is 356 g/mol. The van der Waals surface area contributed by atoms with Crippen LogP contribution < -0.4 is 0 Å². The lowest BCUT2D eigenvalue weighted by Gasteiger charge is -2.25. The van der Waals surface area contributed by atoms with Gasteiger partial charge in [-0.1, -0.05) is 37.3 Å². The van der Waals surface area contributed by atoms with Crippen molar-refractivity contribution in [1.82, 2.24) is 4.90 Å². The van der Waals surface area contributed by atoms with E-state index in [0.717, 1.165) is 5.56 Å². The van der Waals surface area contributed by atoms with E-state index in [9.17, 15) is 19.7 Å². The van der Waals surface area contributed by atoms with Gasteiger partial charge in [-0.05, 0) is 17.7 Å². The van der Waals surface area contributed by atoms with Gasteiger partial charge in [-0.2, -0.15) is 0 Å². The Kier molecular flexibility index (Phi) is 6.43. The summed E-state index contributed by atoms with van der Waals surface area (Å²) in [5.41, 5.74) is 1.16. The topological polar surface area (TPSA) is 89.8 Å². The fraction of sp³-hybridized carbons (Fsp3) is 0.263. The number of amides is 1. The molecule has 2 rings (SSSR count). The molecule has 0 saturated carbocycles. The Morgan fingerprint density at radius 1 is 1.12 bits per heavy atom. The zero-order valence-corrected chi connectivity index (χ0v) is 14.6. The van der Waals surface area contributed by atoms with Crippen LogP contribution in [0.15, 0.2) is 54.6 Å². The first kappa shape index (κ1) is 19.1. The average Bonchev–Trinajstić information content (AvgIpc) is 2.67. The Labute approximate surface area is 151 Å². The SMILES string of the molecule is COC(=O)C(C)CN(Cc1ccccc1)C(=O)c1ccc([N+](=O)[O-])cc1. The lowest BCUT2D eigenvalue weighted by atomic mass is 10.1. The van der Waals surface area contributed by atoms with Crippen molar-refractivity contribution in [3.8, 4) is 0 Å². The molecule has 0 aliphatic rings. The molecule has 0 radical (unpaired) electrons. The Morgan fingerprint density at radius 2 is 1.73 bits per heavy atom. The molecule has 0 heterocycles. The third-order valence-corrected chi connectivity index (χ3v) is 3.93. The predicted molar refractivity (Wildman–Crippen MR) is 95.5 cm³/mol. The number of nitrogens with zero attached hydrogens (tertiary/aromatic N) is 2. The number of benzene rings is 2. The van der Waals surface area contributed by atoms with E-state index in [1.807, 2.05) is 30.3 Å². The lowest BCUT2D eigenvalue weighted by molar-refractivity contribution is -0.384. The summed E-state index contributed by atoms with van der Waals surface area (Å²) in [4.78, 5) is 36.4. The molecule has 7 nitrogen and oxygen atoms in total. The fourth-order valence-corrected chi connectivity index (χ4v) is 2.54. The first-order valence-corrected chi connectivity index (χ1v) is 8.08. The number of nitro benzene ring substituents is 1. The normalized spacial score (nSPS) is 11.5. The maximum Gasteiger partial charge on any atom is 0.310 e. The zero-order valence-electron chi connectivity index (χ0n) is 14.6. The minimum Gasteiger partial charge on any atom is -0.469 e. The minimum atomic E-state index is -0.519. The third kappa shape index (κ3) is 4.89. The van der Waals surface area contributed by atoms with Crippen molar-refractivity contribution >= 4 is 17.6 Å². The molecule has 0 bridgehead atoms.